The first kappa shape index (κ1) is 15.3. The van der Waals surface area contributed by atoms with Gasteiger partial charge in [0.1, 0.15) is 0 Å². The number of amides is 2. The SMILES string of the molecule is CC(O)CCN(C)C(=O)NCC1CCCCC1C. The summed E-state index contributed by atoms with van der Waals surface area (Å²) in [6.45, 7) is 5.42. The van der Waals surface area contributed by atoms with Crippen molar-refractivity contribution in [2.75, 3.05) is 20.1 Å². The molecule has 1 rings (SSSR count). The second-order valence-electron chi connectivity index (χ2n) is 5.77. The molecule has 0 heterocycles. The van der Waals surface area contributed by atoms with Crippen LogP contribution in [0.5, 0.6) is 0 Å². The molecule has 0 spiro atoms. The molecule has 0 aliphatic heterocycles. The van der Waals surface area contributed by atoms with Crippen LogP contribution in [0.3, 0.4) is 0 Å². The molecular formula is C14H28N2O2. The van der Waals surface area contributed by atoms with Crippen molar-refractivity contribution >= 4 is 6.03 Å². The summed E-state index contributed by atoms with van der Waals surface area (Å²) in [5.74, 6) is 1.36. The number of carbonyl (C=O) groups is 1. The van der Waals surface area contributed by atoms with Gasteiger partial charge in [0, 0.05) is 20.1 Å². The van der Waals surface area contributed by atoms with E-state index in [1.165, 1.54) is 25.7 Å². The van der Waals surface area contributed by atoms with Crippen LogP contribution in [0.4, 0.5) is 4.79 Å². The maximum Gasteiger partial charge on any atom is 0.317 e. The zero-order valence-electron chi connectivity index (χ0n) is 12.0. The molecule has 18 heavy (non-hydrogen) atoms. The Hall–Kier alpha value is -0.770. The number of hydrogen-bond acceptors (Lipinski definition) is 2. The smallest absolute Gasteiger partial charge is 0.317 e. The zero-order chi connectivity index (χ0) is 13.5. The van der Waals surface area contributed by atoms with Crippen molar-refractivity contribution in [1.82, 2.24) is 10.2 Å². The fraction of sp³-hybridized carbons (Fsp3) is 0.929. The third-order valence-corrected chi connectivity index (χ3v) is 4.03. The molecule has 4 heteroatoms. The van der Waals surface area contributed by atoms with Gasteiger partial charge in [0.25, 0.3) is 0 Å². The molecule has 4 nitrogen and oxygen atoms in total. The highest BCUT2D eigenvalue weighted by molar-refractivity contribution is 5.73. The van der Waals surface area contributed by atoms with Gasteiger partial charge in [-0.05, 0) is 31.6 Å². The number of nitrogens with one attached hydrogen (secondary N) is 1. The van der Waals surface area contributed by atoms with Crippen LogP contribution in [0, 0.1) is 11.8 Å². The van der Waals surface area contributed by atoms with E-state index in [-0.39, 0.29) is 12.1 Å². The summed E-state index contributed by atoms with van der Waals surface area (Å²) in [7, 11) is 1.78. The molecule has 0 aromatic rings. The standard InChI is InChI=1S/C14H28N2O2/c1-11-6-4-5-7-13(11)10-15-14(18)16(3)9-8-12(2)17/h11-13,17H,4-10H2,1-3H3,(H,15,18). The summed E-state index contributed by atoms with van der Waals surface area (Å²) in [5, 5.41) is 12.2. The van der Waals surface area contributed by atoms with Crippen LogP contribution in [0.15, 0.2) is 0 Å². The summed E-state index contributed by atoms with van der Waals surface area (Å²) in [6, 6.07) is -0.0200. The molecule has 3 unspecified atom stereocenters. The minimum atomic E-state index is -0.349. The lowest BCUT2D eigenvalue weighted by Crippen LogP contribution is -2.41. The van der Waals surface area contributed by atoms with Gasteiger partial charge >= 0.3 is 6.03 Å². The molecule has 0 saturated heterocycles. The van der Waals surface area contributed by atoms with E-state index in [9.17, 15) is 9.90 Å². The number of rotatable bonds is 5. The van der Waals surface area contributed by atoms with Crippen LogP contribution in [-0.4, -0.2) is 42.3 Å². The number of nitrogens with zero attached hydrogens (tertiary/aromatic N) is 1. The van der Waals surface area contributed by atoms with Crippen LogP contribution >= 0.6 is 0 Å². The molecule has 2 N–H and O–H groups in total. The van der Waals surface area contributed by atoms with Crippen LogP contribution in [0.2, 0.25) is 0 Å². The Morgan fingerprint density at radius 2 is 2.11 bits per heavy atom. The van der Waals surface area contributed by atoms with Crippen LogP contribution in [0.25, 0.3) is 0 Å². The minimum Gasteiger partial charge on any atom is -0.393 e. The zero-order valence-corrected chi connectivity index (χ0v) is 12.0. The lowest BCUT2D eigenvalue weighted by molar-refractivity contribution is 0.161. The van der Waals surface area contributed by atoms with Crippen molar-refractivity contribution in [2.24, 2.45) is 11.8 Å². The van der Waals surface area contributed by atoms with Gasteiger partial charge < -0.3 is 15.3 Å². The van der Waals surface area contributed by atoms with Gasteiger partial charge in [0.2, 0.25) is 0 Å². The molecule has 0 bridgehead atoms. The van der Waals surface area contributed by atoms with Crippen molar-refractivity contribution in [1.29, 1.82) is 0 Å². The predicted octanol–water partition coefficient (Wildman–Crippen LogP) is 2.22. The average molecular weight is 256 g/mol. The second kappa shape index (κ2) is 7.62. The number of aliphatic hydroxyl groups is 1. The Balaban J connectivity index is 2.22. The highest BCUT2D eigenvalue weighted by Gasteiger charge is 2.22. The van der Waals surface area contributed by atoms with Gasteiger partial charge in [-0.1, -0.05) is 26.2 Å². The summed E-state index contributed by atoms with van der Waals surface area (Å²) in [5.41, 5.74) is 0. The first-order valence-corrected chi connectivity index (χ1v) is 7.17. The van der Waals surface area contributed by atoms with Gasteiger partial charge in [-0.2, -0.15) is 0 Å². The summed E-state index contributed by atoms with van der Waals surface area (Å²) in [4.78, 5) is 13.5. The largest absolute Gasteiger partial charge is 0.393 e. The number of hydrogen-bond donors (Lipinski definition) is 2. The first-order chi connectivity index (χ1) is 8.50. The van der Waals surface area contributed by atoms with E-state index in [4.69, 9.17) is 0 Å². The van der Waals surface area contributed by atoms with Gasteiger partial charge in [0.05, 0.1) is 6.10 Å². The van der Waals surface area contributed by atoms with Gasteiger partial charge in [-0.25, -0.2) is 4.79 Å². The van der Waals surface area contributed by atoms with E-state index >= 15 is 0 Å². The highest BCUT2D eigenvalue weighted by atomic mass is 16.3. The quantitative estimate of drug-likeness (QED) is 0.792. The summed E-state index contributed by atoms with van der Waals surface area (Å²) < 4.78 is 0. The Morgan fingerprint density at radius 3 is 2.72 bits per heavy atom. The topological polar surface area (TPSA) is 52.6 Å². The second-order valence-corrected chi connectivity index (χ2v) is 5.77. The van der Waals surface area contributed by atoms with Crippen molar-refractivity contribution in [3.05, 3.63) is 0 Å². The molecule has 2 amide bonds. The average Bonchev–Trinajstić information content (AvgIpc) is 2.34. The summed E-state index contributed by atoms with van der Waals surface area (Å²) in [6.07, 6.45) is 5.43. The van der Waals surface area contributed by atoms with Gasteiger partial charge in [0.15, 0.2) is 0 Å². The lowest BCUT2D eigenvalue weighted by Gasteiger charge is -2.29. The van der Waals surface area contributed by atoms with Gasteiger partial charge in [-0.15, -0.1) is 0 Å². The fourth-order valence-electron chi connectivity index (χ4n) is 2.53. The number of urea groups is 1. The van der Waals surface area contributed by atoms with Crippen molar-refractivity contribution in [2.45, 2.75) is 52.1 Å². The Bertz CT molecular complexity index is 256. The maximum atomic E-state index is 11.8. The van der Waals surface area contributed by atoms with E-state index in [0.29, 0.717) is 18.9 Å². The third-order valence-electron chi connectivity index (χ3n) is 4.03. The summed E-state index contributed by atoms with van der Waals surface area (Å²) >= 11 is 0. The van der Waals surface area contributed by atoms with Crippen molar-refractivity contribution in [3.8, 4) is 0 Å². The first-order valence-electron chi connectivity index (χ1n) is 7.17. The van der Waals surface area contributed by atoms with Crippen LogP contribution in [-0.2, 0) is 0 Å². The number of aliphatic hydroxyl groups excluding tert-OH is 1. The molecule has 0 aromatic carbocycles. The van der Waals surface area contributed by atoms with E-state index in [2.05, 4.69) is 12.2 Å². The predicted molar refractivity (Wildman–Crippen MR) is 73.4 cm³/mol. The van der Waals surface area contributed by atoms with E-state index in [1.54, 1.807) is 18.9 Å². The monoisotopic (exact) mass is 256 g/mol. The highest BCUT2D eigenvalue weighted by Crippen LogP contribution is 2.28. The lowest BCUT2D eigenvalue weighted by atomic mass is 9.80. The molecule has 0 aromatic heterocycles. The number of carbonyl (C=O) groups excluding carboxylic acids is 1. The molecule has 1 aliphatic carbocycles. The van der Waals surface area contributed by atoms with Crippen molar-refractivity contribution < 1.29 is 9.90 Å². The molecule has 1 fully saturated rings. The molecule has 106 valence electrons. The Kier molecular flexibility index (Phi) is 6.47. The van der Waals surface area contributed by atoms with E-state index in [1.807, 2.05) is 0 Å². The Morgan fingerprint density at radius 1 is 1.44 bits per heavy atom. The van der Waals surface area contributed by atoms with Gasteiger partial charge in [-0.3, -0.25) is 0 Å². The van der Waals surface area contributed by atoms with E-state index in [0.717, 1.165) is 12.5 Å². The molecule has 3 atom stereocenters. The molecule has 0 radical (unpaired) electrons. The molecular weight excluding hydrogens is 228 g/mol. The van der Waals surface area contributed by atoms with E-state index < -0.39 is 0 Å². The maximum absolute atomic E-state index is 11.8. The van der Waals surface area contributed by atoms with Crippen molar-refractivity contribution in [3.63, 3.8) is 0 Å². The Labute approximate surface area is 111 Å². The normalized spacial score (nSPS) is 25.6. The van der Waals surface area contributed by atoms with Crippen LogP contribution in [0.1, 0.15) is 46.0 Å². The third kappa shape index (κ3) is 5.25. The molecule has 1 saturated carbocycles. The van der Waals surface area contributed by atoms with Crippen LogP contribution < -0.4 is 5.32 Å². The fourth-order valence-corrected chi connectivity index (χ4v) is 2.53. The molecule has 1 aliphatic rings. The minimum absolute atomic E-state index is 0.0200.